The van der Waals surface area contributed by atoms with E-state index in [9.17, 15) is 9.59 Å². The molecule has 2 N–H and O–H groups in total. The molecule has 0 aromatic heterocycles. The van der Waals surface area contributed by atoms with Crippen molar-refractivity contribution in [1.29, 1.82) is 0 Å². The van der Waals surface area contributed by atoms with Crippen LogP contribution in [0.25, 0.3) is 0 Å². The number of carbonyl (C=O) groups is 2. The van der Waals surface area contributed by atoms with Crippen molar-refractivity contribution >= 4 is 34.9 Å². The third-order valence-electron chi connectivity index (χ3n) is 4.60. The Kier molecular flexibility index (Phi) is 5.47. The molecule has 1 aliphatic rings. The van der Waals surface area contributed by atoms with Gasteiger partial charge in [0, 0.05) is 35.4 Å². The van der Waals surface area contributed by atoms with Crippen molar-refractivity contribution in [2.45, 2.75) is 32.7 Å². The van der Waals surface area contributed by atoms with Crippen molar-refractivity contribution < 1.29 is 9.59 Å². The third-order valence-corrected chi connectivity index (χ3v) is 5.01. The fourth-order valence-electron chi connectivity index (χ4n) is 3.20. The van der Waals surface area contributed by atoms with Crippen LogP contribution in [-0.2, 0) is 11.2 Å². The number of nitrogens with zero attached hydrogens (tertiary/aromatic N) is 1. The van der Waals surface area contributed by atoms with Gasteiger partial charge < -0.3 is 10.6 Å². The van der Waals surface area contributed by atoms with E-state index in [1.54, 1.807) is 23.1 Å². The van der Waals surface area contributed by atoms with E-state index in [-0.39, 0.29) is 30.9 Å². The van der Waals surface area contributed by atoms with Crippen LogP contribution >= 0.6 is 11.6 Å². The van der Waals surface area contributed by atoms with Gasteiger partial charge in [0.1, 0.15) is 0 Å². The summed E-state index contributed by atoms with van der Waals surface area (Å²) < 4.78 is 0. The zero-order valence-corrected chi connectivity index (χ0v) is 15.6. The number of hydrogen-bond acceptors (Lipinski definition) is 2. The molecular formula is C20H22ClN3O2. The molecular weight excluding hydrogens is 350 g/mol. The highest BCUT2D eigenvalue weighted by Gasteiger charge is 2.30. The number of para-hydroxylation sites is 1. The average molecular weight is 372 g/mol. The van der Waals surface area contributed by atoms with Crippen LogP contribution in [0.1, 0.15) is 24.5 Å². The van der Waals surface area contributed by atoms with Crippen molar-refractivity contribution in [1.82, 2.24) is 5.32 Å². The van der Waals surface area contributed by atoms with E-state index in [1.165, 1.54) is 5.56 Å². The average Bonchev–Trinajstić information content (AvgIpc) is 2.94. The Morgan fingerprint density at radius 3 is 2.77 bits per heavy atom. The van der Waals surface area contributed by atoms with Gasteiger partial charge in [-0.3, -0.25) is 9.69 Å². The van der Waals surface area contributed by atoms with Crippen LogP contribution in [0.5, 0.6) is 0 Å². The summed E-state index contributed by atoms with van der Waals surface area (Å²) in [5, 5.41) is 6.28. The van der Waals surface area contributed by atoms with Gasteiger partial charge in [0.25, 0.3) is 0 Å². The maximum atomic E-state index is 12.5. The zero-order chi connectivity index (χ0) is 18.7. The second kappa shape index (κ2) is 7.79. The Morgan fingerprint density at radius 2 is 1.96 bits per heavy atom. The van der Waals surface area contributed by atoms with Crippen LogP contribution < -0.4 is 15.5 Å². The Morgan fingerprint density at radius 1 is 1.19 bits per heavy atom. The fraction of sp³-hybridized carbons (Fsp3) is 0.300. The number of rotatable bonds is 4. The van der Waals surface area contributed by atoms with Gasteiger partial charge in [-0.15, -0.1) is 0 Å². The van der Waals surface area contributed by atoms with Gasteiger partial charge >= 0.3 is 6.03 Å². The molecule has 3 amide bonds. The minimum absolute atomic E-state index is 0.107. The molecule has 0 aliphatic carbocycles. The molecule has 2 aromatic rings. The SMILES string of the molecule is Cc1c(Cl)cccc1NC(=O)CCNC(=O)N1c2ccccc2CC1C. The first kappa shape index (κ1) is 18.3. The summed E-state index contributed by atoms with van der Waals surface area (Å²) >= 11 is 6.06. The van der Waals surface area contributed by atoms with Gasteiger partial charge in [-0.25, -0.2) is 4.79 Å². The second-order valence-corrected chi connectivity index (χ2v) is 6.90. The molecule has 0 bridgehead atoms. The van der Waals surface area contributed by atoms with Crippen molar-refractivity contribution in [3.63, 3.8) is 0 Å². The minimum atomic E-state index is -0.172. The molecule has 3 rings (SSSR count). The van der Waals surface area contributed by atoms with E-state index in [0.717, 1.165) is 17.7 Å². The van der Waals surface area contributed by atoms with Gasteiger partial charge in [-0.05, 0) is 49.6 Å². The van der Waals surface area contributed by atoms with E-state index in [0.29, 0.717) is 10.7 Å². The standard InChI is InChI=1S/C20H22ClN3O2/c1-13-12-15-6-3-4-9-18(15)24(13)20(26)22-11-10-19(25)23-17-8-5-7-16(21)14(17)2/h3-9,13H,10-12H2,1-2H3,(H,22,26)(H,23,25). The number of carbonyl (C=O) groups excluding carboxylic acids is 2. The van der Waals surface area contributed by atoms with Crippen molar-refractivity contribution in [3.8, 4) is 0 Å². The zero-order valence-electron chi connectivity index (χ0n) is 14.9. The summed E-state index contributed by atoms with van der Waals surface area (Å²) in [5.41, 5.74) is 3.63. The van der Waals surface area contributed by atoms with E-state index in [4.69, 9.17) is 11.6 Å². The molecule has 136 valence electrons. The minimum Gasteiger partial charge on any atom is -0.337 e. The third kappa shape index (κ3) is 3.83. The van der Waals surface area contributed by atoms with Gasteiger partial charge in [-0.2, -0.15) is 0 Å². The highest BCUT2D eigenvalue weighted by Crippen LogP contribution is 2.31. The molecule has 2 aromatic carbocycles. The van der Waals surface area contributed by atoms with E-state index in [1.807, 2.05) is 38.1 Å². The Balaban J connectivity index is 1.53. The smallest absolute Gasteiger partial charge is 0.322 e. The van der Waals surface area contributed by atoms with Gasteiger partial charge in [0.15, 0.2) is 0 Å². The van der Waals surface area contributed by atoms with Crippen LogP contribution in [0.15, 0.2) is 42.5 Å². The molecule has 0 fully saturated rings. The lowest BCUT2D eigenvalue weighted by molar-refractivity contribution is -0.116. The summed E-state index contributed by atoms with van der Waals surface area (Å²) in [7, 11) is 0. The van der Waals surface area contributed by atoms with Crippen LogP contribution in [0.3, 0.4) is 0 Å². The first-order chi connectivity index (χ1) is 12.5. The van der Waals surface area contributed by atoms with Gasteiger partial charge in [0.05, 0.1) is 0 Å². The highest BCUT2D eigenvalue weighted by molar-refractivity contribution is 6.31. The number of hydrogen-bond donors (Lipinski definition) is 2. The molecule has 0 spiro atoms. The number of benzene rings is 2. The monoisotopic (exact) mass is 371 g/mol. The van der Waals surface area contributed by atoms with Crippen LogP contribution in [0.4, 0.5) is 16.2 Å². The van der Waals surface area contributed by atoms with Gasteiger partial charge in [-0.1, -0.05) is 35.9 Å². The number of amides is 3. The Bertz CT molecular complexity index is 838. The predicted octanol–water partition coefficient (Wildman–Crippen LogP) is 4.14. The van der Waals surface area contributed by atoms with Crippen LogP contribution in [0, 0.1) is 6.92 Å². The van der Waals surface area contributed by atoms with E-state index < -0.39 is 0 Å². The van der Waals surface area contributed by atoms with Crippen LogP contribution in [0.2, 0.25) is 5.02 Å². The van der Waals surface area contributed by atoms with Crippen molar-refractivity contribution in [2.75, 3.05) is 16.8 Å². The molecule has 1 heterocycles. The highest BCUT2D eigenvalue weighted by atomic mass is 35.5. The van der Waals surface area contributed by atoms with Crippen molar-refractivity contribution in [3.05, 3.63) is 58.6 Å². The summed E-state index contributed by atoms with van der Waals surface area (Å²) in [4.78, 5) is 26.4. The number of halogens is 1. The number of anilines is 2. The van der Waals surface area contributed by atoms with E-state index >= 15 is 0 Å². The van der Waals surface area contributed by atoms with Gasteiger partial charge in [0.2, 0.25) is 5.91 Å². The lowest BCUT2D eigenvalue weighted by atomic mass is 10.1. The topological polar surface area (TPSA) is 61.4 Å². The lowest BCUT2D eigenvalue weighted by Gasteiger charge is -2.23. The summed E-state index contributed by atoms with van der Waals surface area (Å²) in [6.07, 6.45) is 1.04. The maximum Gasteiger partial charge on any atom is 0.322 e. The molecule has 1 aliphatic heterocycles. The molecule has 1 unspecified atom stereocenters. The van der Waals surface area contributed by atoms with E-state index in [2.05, 4.69) is 10.6 Å². The Hall–Kier alpha value is -2.53. The first-order valence-corrected chi connectivity index (χ1v) is 9.05. The molecule has 6 heteroatoms. The second-order valence-electron chi connectivity index (χ2n) is 6.49. The number of nitrogens with one attached hydrogen (secondary N) is 2. The summed E-state index contributed by atoms with van der Waals surface area (Å²) in [5.74, 6) is -0.162. The predicted molar refractivity (Wildman–Crippen MR) is 105 cm³/mol. The molecule has 0 radical (unpaired) electrons. The normalized spacial score (nSPS) is 15.5. The largest absolute Gasteiger partial charge is 0.337 e. The fourth-order valence-corrected chi connectivity index (χ4v) is 3.37. The van der Waals surface area contributed by atoms with Crippen LogP contribution in [-0.4, -0.2) is 24.5 Å². The number of fused-ring (bicyclic) bond motifs is 1. The molecule has 0 saturated heterocycles. The molecule has 0 saturated carbocycles. The summed E-state index contributed by atoms with van der Waals surface area (Å²) in [6.45, 7) is 4.15. The van der Waals surface area contributed by atoms with Crippen molar-refractivity contribution in [2.24, 2.45) is 0 Å². The summed E-state index contributed by atoms with van der Waals surface area (Å²) in [6, 6.07) is 13.2. The first-order valence-electron chi connectivity index (χ1n) is 8.67. The quantitative estimate of drug-likeness (QED) is 0.848. The molecule has 5 nitrogen and oxygen atoms in total. The molecule has 1 atom stereocenters. The number of urea groups is 1. The lowest BCUT2D eigenvalue weighted by Crippen LogP contribution is -2.44. The molecule has 26 heavy (non-hydrogen) atoms. The maximum absolute atomic E-state index is 12.5. The Labute approximate surface area is 158 Å².